The fourth-order valence-electron chi connectivity index (χ4n) is 3.09. The Hall–Kier alpha value is -2.37. The van der Waals surface area contributed by atoms with Crippen molar-refractivity contribution in [1.29, 1.82) is 0 Å². The summed E-state index contributed by atoms with van der Waals surface area (Å²) in [7, 11) is 1.95. The molecular formula is C24H29NO. The Morgan fingerprint density at radius 2 is 2.00 bits per heavy atom. The van der Waals surface area contributed by atoms with Gasteiger partial charge in [0.15, 0.2) is 5.78 Å². The van der Waals surface area contributed by atoms with Crippen LogP contribution in [-0.4, -0.2) is 19.4 Å². The molecule has 2 rings (SSSR count). The van der Waals surface area contributed by atoms with Gasteiger partial charge >= 0.3 is 0 Å². The second-order valence-electron chi connectivity index (χ2n) is 7.94. The maximum atomic E-state index is 12.8. The van der Waals surface area contributed by atoms with Gasteiger partial charge in [-0.1, -0.05) is 66.5 Å². The lowest BCUT2D eigenvalue weighted by atomic mass is 9.74. The summed E-state index contributed by atoms with van der Waals surface area (Å²) in [6.45, 7) is 7.13. The van der Waals surface area contributed by atoms with Crippen molar-refractivity contribution in [3.8, 4) is 11.8 Å². The number of benzene rings is 1. The van der Waals surface area contributed by atoms with Crippen LogP contribution in [0.5, 0.6) is 0 Å². The Kier molecular flexibility index (Phi) is 6.77. The van der Waals surface area contributed by atoms with E-state index in [4.69, 9.17) is 0 Å². The second kappa shape index (κ2) is 8.83. The zero-order chi connectivity index (χ0) is 19.0. The third kappa shape index (κ3) is 5.86. The van der Waals surface area contributed by atoms with Gasteiger partial charge in [0.2, 0.25) is 0 Å². The number of allylic oxidation sites excluding steroid dienone is 5. The number of hydrogen-bond donors (Lipinski definition) is 1. The SMILES string of the molecule is CNCC1(CC=CC#CC(C)(C)C)C=CC=C(C(=O)c2ccccc2)C1. The Bertz CT molecular complexity index is 766. The van der Waals surface area contributed by atoms with Crippen LogP contribution in [0.25, 0.3) is 0 Å². The van der Waals surface area contributed by atoms with Crippen LogP contribution in [0.15, 0.2) is 66.3 Å². The van der Waals surface area contributed by atoms with E-state index in [0.717, 1.165) is 30.5 Å². The summed E-state index contributed by atoms with van der Waals surface area (Å²) in [5, 5.41) is 3.28. The third-order valence-electron chi connectivity index (χ3n) is 4.32. The Morgan fingerprint density at radius 3 is 2.65 bits per heavy atom. The minimum atomic E-state index is -0.0941. The van der Waals surface area contributed by atoms with Crippen LogP contribution >= 0.6 is 0 Å². The number of carbonyl (C=O) groups is 1. The highest BCUT2D eigenvalue weighted by Gasteiger charge is 2.30. The van der Waals surface area contributed by atoms with Crippen LogP contribution in [0.2, 0.25) is 0 Å². The molecule has 2 nitrogen and oxygen atoms in total. The van der Waals surface area contributed by atoms with E-state index in [1.165, 1.54) is 0 Å². The van der Waals surface area contributed by atoms with E-state index >= 15 is 0 Å². The number of ketones is 1. The molecule has 1 atom stereocenters. The predicted octanol–water partition coefficient (Wildman–Crippen LogP) is 4.96. The lowest BCUT2D eigenvalue weighted by Gasteiger charge is -2.32. The quantitative estimate of drug-likeness (QED) is 0.582. The van der Waals surface area contributed by atoms with E-state index in [1.54, 1.807) is 0 Å². The first-order valence-corrected chi connectivity index (χ1v) is 9.16. The van der Waals surface area contributed by atoms with Crippen molar-refractivity contribution in [3.05, 3.63) is 71.8 Å². The topological polar surface area (TPSA) is 29.1 Å². The summed E-state index contributed by atoms with van der Waals surface area (Å²) in [6.07, 6.45) is 11.8. The number of Topliss-reactive ketones (excluding diaryl/α,β-unsaturated/α-hetero) is 1. The molecule has 1 aromatic carbocycles. The van der Waals surface area contributed by atoms with Gasteiger partial charge in [-0.25, -0.2) is 0 Å². The van der Waals surface area contributed by atoms with E-state index in [1.807, 2.05) is 55.6 Å². The third-order valence-corrected chi connectivity index (χ3v) is 4.32. The number of nitrogens with one attached hydrogen (secondary N) is 1. The van der Waals surface area contributed by atoms with Crippen molar-refractivity contribution >= 4 is 5.78 Å². The summed E-state index contributed by atoms with van der Waals surface area (Å²) in [6, 6.07) is 9.50. The molecule has 1 aliphatic rings. The lowest BCUT2D eigenvalue weighted by molar-refractivity contribution is 0.102. The van der Waals surface area contributed by atoms with Gasteiger partial charge in [-0.3, -0.25) is 4.79 Å². The highest BCUT2D eigenvalue weighted by atomic mass is 16.1. The van der Waals surface area contributed by atoms with Crippen LogP contribution in [0.1, 0.15) is 44.0 Å². The summed E-state index contributed by atoms with van der Waals surface area (Å²) >= 11 is 0. The molecule has 0 saturated carbocycles. The standard InChI is InChI=1S/C24H29NO/c1-23(2,3)15-9-6-10-16-24(19-25-4)17-11-14-21(18-24)22(26)20-12-7-5-8-13-20/h5-8,10-14,17,25H,16,18-19H2,1-4H3. The van der Waals surface area contributed by atoms with E-state index in [-0.39, 0.29) is 16.6 Å². The summed E-state index contributed by atoms with van der Waals surface area (Å²) in [5.74, 6) is 6.46. The van der Waals surface area contributed by atoms with Gasteiger partial charge in [0, 0.05) is 28.5 Å². The molecule has 0 aromatic heterocycles. The van der Waals surface area contributed by atoms with E-state index < -0.39 is 0 Å². The first-order chi connectivity index (χ1) is 12.4. The molecular weight excluding hydrogens is 318 g/mol. The number of hydrogen-bond acceptors (Lipinski definition) is 2. The maximum absolute atomic E-state index is 12.8. The molecule has 0 bridgehead atoms. The fourth-order valence-corrected chi connectivity index (χ4v) is 3.09. The van der Waals surface area contributed by atoms with Crippen molar-refractivity contribution in [1.82, 2.24) is 5.32 Å². The first-order valence-electron chi connectivity index (χ1n) is 9.16. The van der Waals surface area contributed by atoms with Crippen molar-refractivity contribution < 1.29 is 4.79 Å². The number of carbonyl (C=O) groups excluding carboxylic acids is 1. The van der Waals surface area contributed by atoms with Gasteiger partial charge in [0.05, 0.1) is 0 Å². The molecule has 1 unspecified atom stereocenters. The summed E-state index contributed by atoms with van der Waals surface area (Å²) < 4.78 is 0. The molecule has 1 N–H and O–H groups in total. The minimum absolute atomic E-state index is 0.00968. The molecule has 26 heavy (non-hydrogen) atoms. The van der Waals surface area contributed by atoms with Crippen LogP contribution in [-0.2, 0) is 0 Å². The van der Waals surface area contributed by atoms with Gasteiger partial charge in [-0.05, 0) is 46.7 Å². The summed E-state index contributed by atoms with van der Waals surface area (Å²) in [5.41, 5.74) is 1.53. The molecule has 0 spiro atoms. The molecule has 1 aliphatic carbocycles. The molecule has 0 fully saturated rings. The van der Waals surface area contributed by atoms with E-state index in [2.05, 4.69) is 50.1 Å². The van der Waals surface area contributed by atoms with E-state index in [0.29, 0.717) is 0 Å². The van der Waals surface area contributed by atoms with Crippen molar-refractivity contribution in [2.75, 3.05) is 13.6 Å². The van der Waals surface area contributed by atoms with Crippen molar-refractivity contribution in [2.24, 2.45) is 10.8 Å². The molecule has 0 saturated heterocycles. The smallest absolute Gasteiger partial charge is 0.189 e. The monoisotopic (exact) mass is 347 g/mol. The summed E-state index contributed by atoms with van der Waals surface area (Å²) in [4.78, 5) is 12.8. The normalized spacial score (nSPS) is 19.8. The van der Waals surface area contributed by atoms with Gasteiger partial charge < -0.3 is 5.32 Å². The highest BCUT2D eigenvalue weighted by Crippen LogP contribution is 2.36. The van der Waals surface area contributed by atoms with Crippen LogP contribution in [0.3, 0.4) is 0 Å². The second-order valence-corrected chi connectivity index (χ2v) is 7.94. The lowest BCUT2D eigenvalue weighted by Crippen LogP contribution is -2.33. The van der Waals surface area contributed by atoms with Crippen molar-refractivity contribution in [2.45, 2.75) is 33.6 Å². The Labute approximate surface area is 158 Å². The van der Waals surface area contributed by atoms with E-state index in [9.17, 15) is 4.79 Å². The molecule has 0 radical (unpaired) electrons. The van der Waals surface area contributed by atoms with Gasteiger partial charge in [0.1, 0.15) is 0 Å². The minimum Gasteiger partial charge on any atom is -0.319 e. The Balaban J connectivity index is 2.13. The van der Waals surface area contributed by atoms with Crippen LogP contribution in [0, 0.1) is 22.7 Å². The fraction of sp³-hybridized carbons (Fsp3) is 0.375. The first kappa shape index (κ1) is 19.9. The van der Waals surface area contributed by atoms with Gasteiger partial charge in [0.25, 0.3) is 0 Å². The zero-order valence-corrected chi connectivity index (χ0v) is 16.3. The van der Waals surface area contributed by atoms with Gasteiger partial charge in [-0.2, -0.15) is 0 Å². The van der Waals surface area contributed by atoms with Crippen LogP contribution in [0.4, 0.5) is 0 Å². The van der Waals surface area contributed by atoms with Crippen molar-refractivity contribution in [3.63, 3.8) is 0 Å². The molecule has 1 aromatic rings. The van der Waals surface area contributed by atoms with Gasteiger partial charge in [-0.15, -0.1) is 0 Å². The molecule has 0 heterocycles. The number of rotatable bonds is 6. The molecule has 0 amide bonds. The Morgan fingerprint density at radius 1 is 1.27 bits per heavy atom. The zero-order valence-electron chi connectivity index (χ0n) is 16.3. The maximum Gasteiger partial charge on any atom is 0.189 e. The highest BCUT2D eigenvalue weighted by molar-refractivity contribution is 6.09. The molecule has 0 aliphatic heterocycles. The average Bonchev–Trinajstić information content (AvgIpc) is 2.61. The van der Waals surface area contributed by atoms with Crippen LogP contribution < -0.4 is 5.32 Å². The molecule has 2 heteroatoms. The average molecular weight is 348 g/mol. The predicted molar refractivity (Wildman–Crippen MR) is 110 cm³/mol. The largest absolute Gasteiger partial charge is 0.319 e. The molecule has 136 valence electrons.